The van der Waals surface area contributed by atoms with Crippen molar-refractivity contribution < 1.29 is 14.3 Å². The summed E-state index contributed by atoms with van der Waals surface area (Å²) in [7, 11) is 0. The molecule has 2 N–H and O–H groups in total. The lowest BCUT2D eigenvalue weighted by atomic mass is 10.0. The van der Waals surface area contributed by atoms with Crippen molar-refractivity contribution in [1.29, 1.82) is 0 Å². The van der Waals surface area contributed by atoms with Crippen molar-refractivity contribution >= 4 is 35.1 Å². The van der Waals surface area contributed by atoms with Gasteiger partial charge in [-0.15, -0.1) is 0 Å². The summed E-state index contributed by atoms with van der Waals surface area (Å²) in [5, 5.41) is 10.2. The average Bonchev–Trinajstić information content (AvgIpc) is 3.18. The Hall–Kier alpha value is -3.39. The van der Waals surface area contributed by atoms with Crippen molar-refractivity contribution in [2.75, 3.05) is 17.2 Å². The van der Waals surface area contributed by atoms with Crippen LogP contribution in [0.25, 0.3) is 0 Å². The highest BCUT2D eigenvalue weighted by atomic mass is 35.5. The normalized spacial score (nSPS) is 15.4. The smallest absolute Gasteiger partial charge is 0.262 e. The van der Waals surface area contributed by atoms with Crippen molar-refractivity contribution in [2.24, 2.45) is 0 Å². The zero-order valence-electron chi connectivity index (χ0n) is 15.6. The third-order valence-corrected chi connectivity index (χ3v) is 5.06. The largest absolute Gasteiger partial charge is 0.484 e. The summed E-state index contributed by atoms with van der Waals surface area (Å²) in [5.41, 5.74) is 2.28. The lowest BCUT2D eigenvalue weighted by Gasteiger charge is -2.24. The molecule has 0 aliphatic carbocycles. The fourth-order valence-electron chi connectivity index (χ4n) is 3.15. The van der Waals surface area contributed by atoms with Crippen LogP contribution in [0.4, 0.5) is 11.6 Å². The molecule has 0 spiro atoms. The maximum absolute atomic E-state index is 12.3. The van der Waals surface area contributed by atoms with Crippen LogP contribution in [-0.4, -0.2) is 33.2 Å². The summed E-state index contributed by atoms with van der Waals surface area (Å²) in [4.78, 5) is 28.2. The number of amides is 2. The Morgan fingerprint density at radius 3 is 3.03 bits per heavy atom. The molecule has 1 aromatic heterocycles. The van der Waals surface area contributed by atoms with Gasteiger partial charge in [0.2, 0.25) is 11.9 Å². The molecule has 0 radical (unpaired) electrons. The molecule has 2 heterocycles. The summed E-state index contributed by atoms with van der Waals surface area (Å²) >= 11 is 6.08. The van der Waals surface area contributed by atoms with Gasteiger partial charge in [-0.05, 0) is 42.3 Å². The molecule has 3 aromatic rings. The average molecular weight is 412 g/mol. The van der Waals surface area contributed by atoms with Gasteiger partial charge in [-0.2, -0.15) is 10.1 Å². The van der Waals surface area contributed by atoms with Crippen molar-refractivity contribution in [3.05, 3.63) is 64.9 Å². The molecule has 8 nitrogen and oxygen atoms in total. The number of rotatable bonds is 5. The Kier molecular flexibility index (Phi) is 5.18. The Balaban J connectivity index is 1.44. The van der Waals surface area contributed by atoms with Crippen LogP contribution in [0.5, 0.6) is 5.75 Å². The van der Waals surface area contributed by atoms with Crippen molar-refractivity contribution in [3.63, 3.8) is 0 Å². The molecule has 1 aliphatic rings. The van der Waals surface area contributed by atoms with Gasteiger partial charge in [-0.1, -0.05) is 29.8 Å². The predicted octanol–water partition coefficient (Wildman–Crippen LogP) is 3.19. The number of carbonyl (C=O) groups is 2. The standard InChI is InChI=1S/C20H18ClN5O3/c1-12-15(21)6-3-7-16(12)24-19(28)10-29-14-5-2-4-13(8-14)17-9-18(27)25-20-22-11-23-26(17)20/h2-8,11,17H,9-10H2,1H3,(H,24,28)(H,22,23,25,27)/t17-/m0/s1. The second-order valence-electron chi connectivity index (χ2n) is 6.62. The molecule has 1 aliphatic heterocycles. The summed E-state index contributed by atoms with van der Waals surface area (Å²) in [6, 6.07) is 12.3. The Labute approximate surface area is 171 Å². The first-order valence-electron chi connectivity index (χ1n) is 8.98. The second-order valence-corrected chi connectivity index (χ2v) is 7.03. The van der Waals surface area contributed by atoms with E-state index >= 15 is 0 Å². The number of ether oxygens (including phenoxy) is 1. The maximum Gasteiger partial charge on any atom is 0.262 e. The van der Waals surface area contributed by atoms with Gasteiger partial charge in [-0.25, -0.2) is 4.68 Å². The maximum atomic E-state index is 12.3. The van der Waals surface area contributed by atoms with Crippen molar-refractivity contribution in [2.45, 2.75) is 19.4 Å². The van der Waals surface area contributed by atoms with Crippen molar-refractivity contribution in [1.82, 2.24) is 14.8 Å². The summed E-state index contributed by atoms with van der Waals surface area (Å²) in [6.45, 7) is 1.68. The molecule has 0 fully saturated rings. The van der Waals surface area contributed by atoms with E-state index in [4.69, 9.17) is 16.3 Å². The van der Waals surface area contributed by atoms with Gasteiger partial charge in [0.05, 0.1) is 12.5 Å². The highest BCUT2D eigenvalue weighted by Crippen LogP contribution is 2.30. The van der Waals surface area contributed by atoms with Gasteiger partial charge >= 0.3 is 0 Å². The molecule has 9 heteroatoms. The number of halogens is 1. The second kappa shape index (κ2) is 7.92. The number of anilines is 2. The van der Waals surface area contributed by atoms with Gasteiger partial charge < -0.3 is 10.1 Å². The van der Waals surface area contributed by atoms with Gasteiger partial charge in [0.15, 0.2) is 6.61 Å². The number of aromatic nitrogens is 3. The van der Waals surface area contributed by atoms with Crippen LogP contribution < -0.4 is 15.4 Å². The monoisotopic (exact) mass is 411 g/mol. The molecule has 1 atom stereocenters. The third kappa shape index (κ3) is 4.07. The fraction of sp³-hybridized carbons (Fsp3) is 0.200. The quantitative estimate of drug-likeness (QED) is 0.671. The third-order valence-electron chi connectivity index (χ3n) is 4.65. The topological polar surface area (TPSA) is 98.1 Å². The molecule has 4 rings (SSSR count). The van der Waals surface area contributed by atoms with Crippen LogP contribution in [0.3, 0.4) is 0 Å². The van der Waals surface area contributed by atoms with Crippen LogP contribution >= 0.6 is 11.6 Å². The van der Waals surface area contributed by atoms with E-state index in [1.807, 2.05) is 19.1 Å². The number of carbonyl (C=O) groups excluding carboxylic acids is 2. The number of hydrogen-bond acceptors (Lipinski definition) is 5. The van der Waals surface area contributed by atoms with Crippen LogP contribution in [0.1, 0.15) is 23.6 Å². The highest BCUT2D eigenvalue weighted by molar-refractivity contribution is 6.31. The van der Waals surface area contributed by atoms with Crippen molar-refractivity contribution in [3.8, 4) is 5.75 Å². The number of benzene rings is 2. The summed E-state index contributed by atoms with van der Waals surface area (Å²) in [5.74, 6) is 0.511. The van der Waals surface area contributed by atoms with E-state index in [0.29, 0.717) is 22.4 Å². The van der Waals surface area contributed by atoms with E-state index in [-0.39, 0.29) is 30.9 Å². The molecule has 148 valence electrons. The molecule has 0 saturated heterocycles. The Bertz CT molecular complexity index is 1080. The van der Waals surface area contributed by atoms with Gasteiger partial charge in [0, 0.05) is 10.7 Å². The fourth-order valence-corrected chi connectivity index (χ4v) is 3.33. The molecule has 0 bridgehead atoms. The van der Waals surface area contributed by atoms with Gasteiger partial charge in [0.25, 0.3) is 5.91 Å². The van der Waals surface area contributed by atoms with Crippen LogP contribution in [-0.2, 0) is 9.59 Å². The molecule has 2 aromatic carbocycles. The van der Waals surface area contributed by atoms with E-state index in [2.05, 4.69) is 20.7 Å². The van der Waals surface area contributed by atoms with Crippen LogP contribution in [0, 0.1) is 6.92 Å². The molecular weight excluding hydrogens is 394 g/mol. The Morgan fingerprint density at radius 2 is 2.17 bits per heavy atom. The predicted molar refractivity (Wildman–Crippen MR) is 108 cm³/mol. The first-order valence-corrected chi connectivity index (χ1v) is 9.36. The number of fused-ring (bicyclic) bond motifs is 1. The molecule has 29 heavy (non-hydrogen) atoms. The van der Waals surface area contributed by atoms with Gasteiger partial charge in [0.1, 0.15) is 12.1 Å². The first-order chi connectivity index (χ1) is 14.0. The number of hydrogen-bond donors (Lipinski definition) is 2. The van der Waals surface area contributed by atoms with E-state index < -0.39 is 0 Å². The van der Waals surface area contributed by atoms with E-state index in [1.165, 1.54) is 6.33 Å². The zero-order valence-corrected chi connectivity index (χ0v) is 16.3. The SMILES string of the molecule is Cc1c(Cl)cccc1NC(=O)COc1cccc([C@@H]2CC(=O)Nc3ncnn32)c1. The summed E-state index contributed by atoms with van der Waals surface area (Å²) < 4.78 is 7.31. The van der Waals surface area contributed by atoms with E-state index in [1.54, 1.807) is 35.0 Å². The highest BCUT2D eigenvalue weighted by Gasteiger charge is 2.27. The van der Waals surface area contributed by atoms with Gasteiger partial charge in [-0.3, -0.25) is 14.9 Å². The van der Waals surface area contributed by atoms with Crippen LogP contribution in [0.2, 0.25) is 5.02 Å². The molecule has 2 amide bonds. The molecular formula is C20H18ClN5O3. The number of nitrogens with zero attached hydrogens (tertiary/aromatic N) is 3. The first kappa shape index (κ1) is 18.9. The minimum atomic E-state index is -0.295. The zero-order chi connectivity index (χ0) is 20.4. The van der Waals surface area contributed by atoms with E-state index in [9.17, 15) is 9.59 Å². The minimum absolute atomic E-state index is 0.127. The molecule has 0 unspecified atom stereocenters. The molecule has 0 saturated carbocycles. The Morgan fingerprint density at radius 1 is 1.34 bits per heavy atom. The van der Waals surface area contributed by atoms with E-state index in [0.717, 1.165) is 11.1 Å². The minimum Gasteiger partial charge on any atom is -0.484 e. The lowest BCUT2D eigenvalue weighted by molar-refractivity contribution is -0.118. The lowest BCUT2D eigenvalue weighted by Crippen LogP contribution is -2.29. The van der Waals surface area contributed by atoms with Crippen LogP contribution in [0.15, 0.2) is 48.8 Å². The number of nitrogens with one attached hydrogen (secondary N) is 2. The summed E-state index contributed by atoms with van der Waals surface area (Å²) in [6.07, 6.45) is 1.64.